The maximum Gasteiger partial charge on any atom is 0.124 e. The first kappa shape index (κ1) is 23.5. The highest BCUT2D eigenvalue weighted by molar-refractivity contribution is 5.83. The minimum Gasteiger partial charge on any atom is -0.507 e. The maximum atomic E-state index is 9.66. The van der Waals surface area contributed by atoms with Gasteiger partial charge in [0, 0.05) is 18.3 Å². The normalized spacial score (nSPS) is 11.7. The molecule has 0 aliphatic heterocycles. The molecule has 0 aliphatic rings. The molecule has 2 heteroatoms. The van der Waals surface area contributed by atoms with Gasteiger partial charge in [-0.3, -0.25) is 4.99 Å². The lowest BCUT2D eigenvalue weighted by Crippen LogP contribution is -1.86. The first-order chi connectivity index (χ1) is 13.3. The van der Waals surface area contributed by atoms with Gasteiger partial charge in [0.15, 0.2) is 0 Å². The minimum absolute atomic E-state index is 0.308. The van der Waals surface area contributed by atoms with Gasteiger partial charge < -0.3 is 5.11 Å². The van der Waals surface area contributed by atoms with E-state index in [1.807, 2.05) is 18.2 Å². The van der Waals surface area contributed by atoms with Crippen LogP contribution < -0.4 is 0 Å². The Labute approximate surface area is 167 Å². The summed E-state index contributed by atoms with van der Waals surface area (Å²) in [5, 5.41) is 9.66. The molecule has 0 aromatic heterocycles. The van der Waals surface area contributed by atoms with E-state index >= 15 is 0 Å². The number of rotatable bonds is 17. The van der Waals surface area contributed by atoms with Crippen molar-refractivity contribution < 1.29 is 5.11 Å². The second-order valence-corrected chi connectivity index (χ2v) is 7.53. The van der Waals surface area contributed by atoms with E-state index in [2.05, 4.69) is 24.1 Å². The lowest BCUT2D eigenvalue weighted by molar-refractivity contribution is 0.474. The van der Waals surface area contributed by atoms with E-state index in [0.29, 0.717) is 5.75 Å². The zero-order chi connectivity index (χ0) is 19.4. The fourth-order valence-electron chi connectivity index (χ4n) is 3.21. The van der Waals surface area contributed by atoms with Gasteiger partial charge >= 0.3 is 0 Å². The van der Waals surface area contributed by atoms with Crippen LogP contribution >= 0.6 is 0 Å². The van der Waals surface area contributed by atoms with Crippen LogP contribution in [0.1, 0.15) is 102 Å². The molecular formula is C25H41NO. The van der Waals surface area contributed by atoms with Crippen molar-refractivity contribution in [1.29, 1.82) is 0 Å². The number of hydrogen-bond donors (Lipinski definition) is 1. The van der Waals surface area contributed by atoms with Gasteiger partial charge in [-0.15, -0.1) is 0 Å². The number of aromatic hydroxyl groups is 1. The first-order valence-corrected chi connectivity index (χ1v) is 11.3. The van der Waals surface area contributed by atoms with Crippen molar-refractivity contribution in [3.8, 4) is 5.75 Å². The smallest absolute Gasteiger partial charge is 0.124 e. The molecule has 0 heterocycles. The van der Waals surface area contributed by atoms with Gasteiger partial charge in [0.25, 0.3) is 0 Å². The second kappa shape index (κ2) is 17.8. The van der Waals surface area contributed by atoms with Crippen molar-refractivity contribution in [1.82, 2.24) is 0 Å². The van der Waals surface area contributed by atoms with Crippen LogP contribution in [-0.2, 0) is 0 Å². The zero-order valence-corrected chi connectivity index (χ0v) is 17.5. The Bertz CT molecular complexity index is 507. The number of hydrogen-bond acceptors (Lipinski definition) is 2. The zero-order valence-electron chi connectivity index (χ0n) is 17.5. The topological polar surface area (TPSA) is 32.6 Å². The summed E-state index contributed by atoms with van der Waals surface area (Å²) in [6.45, 7) is 3.13. The van der Waals surface area contributed by atoms with Crippen molar-refractivity contribution in [3.63, 3.8) is 0 Å². The van der Waals surface area contributed by atoms with E-state index in [-0.39, 0.29) is 0 Å². The molecule has 0 saturated carbocycles. The summed E-state index contributed by atoms with van der Waals surface area (Å²) in [7, 11) is 0. The van der Waals surface area contributed by atoms with Crippen molar-refractivity contribution in [2.75, 3.05) is 6.54 Å². The number of benzene rings is 1. The van der Waals surface area contributed by atoms with Gasteiger partial charge in [-0.05, 0) is 44.2 Å². The highest BCUT2D eigenvalue weighted by atomic mass is 16.3. The fourth-order valence-corrected chi connectivity index (χ4v) is 3.21. The van der Waals surface area contributed by atoms with Crippen LogP contribution in [0.5, 0.6) is 5.75 Å². The van der Waals surface area contributed by atoms with Crippen LogP contribution in [0.25, 0.3) is 0 Å². The molecule has 0 bridgehead atoms. The van der Waals surface area contributed by atoms with E-state index in [4.69, 9.17) is 0 Å². The van der Waals surface area contributed by atoms with Crippen LogP contribution in [0.3, 0.4) is 0 Å². The predicted molar refractivity (Wildman–Crippen MR) is 120 cm³/mol. The van der Waals surface area contributed by atoms with Crippen molar-refractivity contribution in [2.45, 2.75) is 96.8 Å². The molecule has 152 valence electrons. The third-order valence-corrected chi connectivity index (χ3v) is 4.97. The molecule has 0 saturated heterocycles. The number of phenols is 1. The summed E-state index contributed by atoms with van der Waals surface area (Å²) in [4.78, 5) is 4.41. The Morgan fingerprint density at radius 1 is 0.741 bits per heavy atom. The largest absolute Gasteiger partial charge is 0.507 e. The van der Waals surface area contributed by atoms with Crippen LogP contribution in [0.2, 0.25) is 0 Å². The molecule has 1 aromatic rings. The lowest BCUT2D eigenvalue weighted by atomic mass is 10.1. The second-order valence-electron chi connectivity index (χ2n) is 7.53. The Balaban J connectivity index is 1.82. The average molecular weight is 372 g/mol. The summed E-state index contributed by atoms with van der Waals surface area (Å²) in [6.07, 6.45) is 25.2. The van der Waals surface area contributed by atoms with Gasteiger partial charge in [-0.1, -0.05) is 89.0 Å². The van der Waals surface area contributed by atoms with E-state index in [1.165, 1.54) is 83.5 Å². The number of aliphatic imine (C=N–C) groups is 1. The van der Waals surface area contributed by atoms with E-state index in [0.717, 1.165) is 18.5 Å². The molecule has 0 radical (unpaired) electrons. The van der Waals surface area contributed by atoms with Crippen LogP contribution in [0, 0.1) is 0 Å². The summed E-state index contributed by atoms with van der Waals surface area (Å²) >= 11 is 0. The first-order valence-electron chi connectivity index (χ1n) is 11.3. The quantitative estimate of drug-likeness (QED) is 0.169. The number of allylic oxidation sites excluding steroid dienone is 2. The summed E-state index contributed by atoms with van der Waals surface area (Å²) in [5.41, 5.74) is 0.807. The van der Waals surface area contributed by atoms with Crippen molar-refractivity contribution >= 4 is 6.21 Å². The summed E-state index contributed by atoms with van der Waals surface area (Å²) in [5.74, 6) is 0.308. The molecule has 0 unspecified atom stereocenters. The van der Waals surface area contributed by atoms with Gasteiger partial charge in [0.1, 0.15) is 5.75 Å². The van der Waals surface area contributed by atoms with Crippen LogP contribution in [0.4, 0.5) is 0 Å². The third kappa shape index (κ3) is 14.2. The maximum absolute atomic E-state index is 9.66. The molecule has 0 amide bonds. The van der Waals surface area contributed by atoms with Crippen molar-refractivity contribution in [3.05, 3.63) is 42.0 Å². The third-order valence-electron chi connectivity index (χ3n) is 4.97. The van der Waals surface area contributed by atoms with E-state index in [1.54, 1.807) is 12.3 Å². The molecule has 1 rings (SSSR count). The SMILES string of the molecule is CCCCCCCC/C=C\CCCCCCCCN=Cc1ccccc1O. The Kier molecular flexibility index (Phi) is 15.5. The highest BCUT2D eigenvalue weighted by Gasteiger charge is 1.94. The van der Waals surface area contributed by atoms with Gasteiger partial charge in [0.2, 0.25) is 0 Å². The molecule has 0 atom stereocenters. The predicted octanol–water partition coefficient (Wildman–Crippen LogP) is 7.85. The van der Waals surface area contributed by atoms with Crippen LogP contribution in [-0.4, -0.2) is 17.9 Å². The summed E-state index contributed by atoms with van der Waals surface area (Å²) in [6, 6.07) is 7.34. The molecular weight excluding hydrogens is 330 g/mol. The molecule has 0 aliphatic carbocycles. The minimum atomic E-state index is 0.308. The van der Waals surface area contributed by atoms with Crippen molar-refractivity contribution in [2.24, 2.45) is 4.99 Å². The van der Waals surface area contributed by atoms with Crippen LogP contribution in [0.15, 0.2) is 41.4 Å². The average Bonchev–Trinajstić information content (AvgIpc) is 2.68. The highest BCUT2D eigenvalue weighted by Crippen LogP contribution is 2.13. The molecule has 2 nitrogen and oxygen atoms in total. The number of nitrogens with zero attached hydrogens (tertiary/aromatic N) is 1. The number of phenolic OH excluding ortho intramolecular Hbond substituents is 1. The van der Waals surface area contributed by atoms with Gasteiger partial charge in [0.05, 0.1) is 0 Å². The molecule has 0 spiro atoms. The lowest BCUT2D eigenvalue weighted by Gasteiger charge is -2.00. The Morgan fingerprint density at radius 3 is 1.93 bits per heavy atom. The van der Waals surface area contributed by atoms with Gasteiger partial charge in [-0.2, -0.15) is 0 Å². The monoisotopic (exact) mass is 371 g/mol. The van der Waals surface area contributed by atoms with Gasteiger partial charge in [-0.25, -0.2) is 0 Å². The molecule has 0 fully saturated rings. The standard InChI is InChI=1S/C25H41NO/c1-2-3-4-5-6-7-8-9-10-11-12-13-14-15-16-19-22-26-23-24-20-17-18-21-25(24)27/h9-10,17-18,20-21,23,27H,2-8,11-16,19,22H2,1H3/b10-9-,26-23?. The Morgan fingerprint density at radius 2 is 1.30 bits per heavy atom. The Hall–Kier alpha value is -1.57. The van der Waals surface area contributed by atoms with E-state index in [9.17, 15) is 5.11 Å². The molecule has 1 aromatic carbocycles. The number of para-hydroxylation sites is 1. The number of unbranched alkanes of at least 4 members (excludes halogenated alkanes) is 12. The molecule has 27 heavy (non-hydrogen) atoms. The fraction of sp³-hybridized carbons (Fsp3) is 0.640. The van der Waals surface area contributed by atoms with E-state index < -0.39 is 0 Å². The summed E-state index contributed by atoms with van der Waals surface area (Å²) < 4.78 is 0. The molecule has 1 N–H and O–H groups in total.